The van der Waals surface area contributed by atoms with Crippen molar-refractivity contribution < 1.29 is 4.79 Å². The number of rotatable bonds is 3. The number of hydrogen-bond donors (Lipinski definition) is 0. The number of carbonyl (C=O) groups excluding carboxylic acids is 1. The summed E-state index contributed by atoms with van der Waals surface area (Å²) in [4.78, 5) is 17.2. The van der Waals surface area contributed by atoms with Crippen LogP contribution in [0.4, 0.5) is 5.82 Å². The Morgan fingerprint density at radius 1 is 0.824 bits per heavy atom. The maximum atomic E-state index is 13.0. The summed E-state index contributed by atoms with van der Waals surface area (Å²) in [6.07, 6.45) is 8.79. The Bertz CT molecular complexity index is 1190. The number of allylic oxidation sites excluding steroid dienone is 1. The van der Waals surface area contributed by atoms with Crippen molar-refractivity contribution >= 4 is 17.8 Å². The van der Waals surface area contributed by atoms with Crippen LogP contribution in [0, 0.1) is 0 Å². The van der Waals surface area contributed by atoms with Gasteiger partial charge in [-0.3, -0.25) is 4.79 Å². The molecule has 34 heavy (non-hydrogen) atoms. The summed E-state index contributed by atoms with van der Waals surface area (Å²) < 4.78 is 0. The first-order valence-electron chi connectivity index (χ1n) is 12.4. The maximum absolute atomic E-state index is 13.0. The van der Waals surface area contributed by atoms with E-state index >= 15 is 0 Å². The standard InChI is InChI=1S/C29H30N4O/c34-28(33-18-13-23(14-19-33)22-6-2-1-3-7-22)26-10-11-27(31-30-26)32-20-16-29(17-21-32)15-12-24-8-4-5-9-25(24)29/h1-12,15,23H,13-14,16-21H2. The van der Waals surface area contributed by atoms with Gasteiger partial charge >= 0.3 is 0 Å². The molecular formula is C29H30N4O. The smallest absolute Gasteiger partial charge is 0.274 e. The van der Waals surface area contributed by atoms with Crippen LogP contribution in [0.1, 0.15) is 58.8 Å². The lowest BCUT2D eigenvalue weighted by Gasteiger charge is -2.39. The molecule has 0 N–H and O–H groups in total. The van der Waals surface area contributed by atoms with E-state index in [0.29, 0.717) is 11.6 Å². The molecule has 2 aromatic carbocycles. The normalized spacial score (nSPS) is 19.4. The van der Waals surface area contributed by atoms with Crippen molar-refractivity contribution in [3.63, 3.8) is 0 Å². The fraction of sp³-hybridized carbons (Fsp3) is 0.345. The van der Waals surface area contributed by atoms with E-state index in [9.17, 15) is 4.79 Å². The van der Waals surface area contributed by atoms with Gasteiger partial charge in [0.05, 0.1) is 0 Å². The Balaban J connectivity index is 1.07. The second-order valence-electron chi connectivity index (χ2n) is 9.82. The van der Waals surface area contributed by atoms with E-state index in [1.54, 1.807) is 0 Å². The highest BCUT2D eigenvalue weighted by atomic mass is 16.2. The van der Waals surface area contributed by atoms with Crippen LogP contribution in [0.25, 0.3) is 6.08 Å². The average molecular weight is 451 g/mol. The van der Waals surface area contributed by atoms with E-state index in [1.165, 1.54) is 16.7 Å². The second-order valence-corrected chi connectivity index (χ2v) is 9.82. The van der Waals surface area contributed by atoms with Crippen molar-refractivity contribution in [2.75, 3.05) is 31.1 Å². The van der Waals surface area contributed by atoms with E-state index in [2.05, 4.69) is 81.8 Å². The number of aromatic nitrogens is 2. The zero-order chi connectivity index (χ0) is 23.0. The van der Waals surface area contributed by atoms with Gasteiger partial charge in [-0.25, -0.2) is 0 Å². The third kappa shape index (κ3) is 3.79. The number of benzene rings is 2. The molecule has 5 heteroatoms. The summed E-state index contributed by atoms with van der Waals surface area (Å²) in [5.74, 6) is 1.39. The number of piperidine rings is 2. The lowest BCUT2D eigenvalue weighted by molar-refractivity contribution is 0.0706. The van der Waals surface area contributed by atoms with Crippen LogP contribution in [0.15, 0.2) is 72.8 Å². The van der Waals surface area contributed by atoms with Gasteiger partial charge in [0.25, 0.3) is 5.91 Å². The summed E-state index contributed by atoms with van der Waals surface area (Å²) in [7, 11) is 0. The fourth-order valence-corrected chi connectivity index (χ4v) is 5.92. The molecule has 0 radical (unpaired) electrons. The third-order valence-corrected chi connectivity index (χ3v) is 7.98. The van der Waals surface area contributed by atoms with Crippen molar-refractivity contribution in [2.24, 2.45) is 0 Å². The molecule has 1 spiro atoms. The molecule has 0 saturated carbocycles. The number of amides is 1. The summed E-state index contributed by atoms with van der Waals surface area (Å²) in [6.45, 7) is 3.41. The molecular weight excluding hydrogens is 420 g/mol. The van der Waals surface area contributed by atoms with Gasteiger partial charge in [0, 0.05) is 31.6 Å². The zero-order valence-electron chi connectivity index (χ0n) is 19.4. The molecule has 0 atom stereocenters. The minimum atomic E-state index is -0.00383. The van der Waals surface area contributed by atoms with Crippen molar-refractivity contribution in [3.05, 3.63) is 95.2 Å². The average Bonchev–Trinajstić information content (AvgIpc) is 3.27. The maximum Gasteiger partial charge on any atom is 0.274 e. The molecule has 172 valence electrons. The number of fused-ring (bicyclic) bond motifs is 2. The predicted octanol–water partition coefficient (Wildman–Crippen LogP) is 5.06. The Hall–Kier alpha value is -3.47. The first-order valence-corrected chi connectivity index (χ1v) is 12.4. The monoisotopic (exact) mass is 450 g/mol. The van der Waals surface area contributed by atoms with Gasteiger partial charge in [0.2, 0.25) is 0 Å². The van der Waals surface area contributed by atoms with Gasteiger partial charge in [-0.15, -0.1) is 10.2 Å². The second kappa shape index (κ2) is 8.71. The summed E-state index contributed by atoms with van der Waals surface area (Å²) in [5, 5.41) is 8.78. The Morgan fingerprint density at radius 3 is 2.29 bits per heavy atom. The minimum Gasteiger partial charge on any atom is -0.355 e. The molecule has 6 rings (SSSR count). The van der Waals surface area contributed by atoms with Crippen molar-refractivity contribution in [1.29, 1.82) is 0 Å². The number of nitrogens with zero attached hydrogens (tertiary/aromatic N) is 4. The number of anilines is 1. The molecule has 2 saturated heterocycles. The van der Waals surface area contributed by atoms with Crippen LogP contribution in [0.5, 0.6) is 0 Å². The number of hydrogen-bond acceptors (Lipinski definition) is 4. The van der Waals surface area contributed by atoms with Crippen molar-refractivity contribution in [1.82, 2.24) is 15.1 Å². The third-order valence-electron chi connectivity index (χ3n) is 7.98. The van der Waals surface area contributed by atoms with Gasteiger partial charge in [-0.05, 0) is 60.4 Å². The topological polar surface area (TPSA) is 49.3 Å². The van der Waals surface area contributed by atoms with E-state index in [1.807, 2.05) is 17.0 Å². The minimum absolute atomic E-state index is 0.00383. The molecule has 0 bridgehead atoms. The van der Waals surface area contributed by atoms with Gasteiger partial charge in [-0.1, -0.05) is 66.7 Å². The highest BCUT2D eigenvalue weighted by Crippen LogP contribution is 2.44. The van der Waals surface area contributed by atoms with Crippen LogP contribution >= 0.6 is 0 Å². The number of carbonyl (C=O) groups is 1. The number of likely N-dealkylation sites (tertiary alicyclic amines) is 1. The van der Waals surface area contributed by atoms with Gasteiger partial charge in [-0.2, -0.15) is 0 Å². The molecule has 2 fully saturated rings. The van der Waals surface area contributed by atoms with Crippen LogP contribution < -0.4 is 4.90 Å². The van der Waals surface area contributed by atoms with E-state index in [-0.39, 0.29) is 11.3 Å². The Morgan fingerprint density at radius 2 is 1.56 bits per heavy atom. The van der Waals surface area contributed by atoms with Crippen LogP contribution in [-0.2, 0) is 5.41 Å². The highest BCUT2D eigenvalue weighted by Gasteiger charge is 2.38. The van der Waals surface area contributed by atoms with Gasteiger partial charge in [0.1, 0.15) is 0 Å². The van der Waals surface area contributed by atoms with E-state index in [4.69, 9.17) is 0 Å². The quantitative estimate of drug-likeness (QED) is 0.560. The zero-order valence-corrected chi connectivity index (χ0v) is 19.4. The molecule has 1 aliphatic carbocycles. The lowest BCUT2D eigenvalue weighted by Crippen LogP contribution is -2.41. The largest absolute Gasteiger partial charge is 0.355 e. The molecule has 3 aromatic rings. The Kier molecular flexibility index (Phi) is 5.40. The first-order chi connectivity index (χ1) is 16.7. The van der Waals surface area contributed by atoms with Gasteiger partial charge < -0.3 is 9.80 Å². The molecule has 3 aliphatic rings. The fourth-order valence-electron chi connectivity index (χ4n) is 5.92. The van der Waals surface area contributed by atoms with Crippen LogP contribution in [0.3, 0.4) is 0 Å². The van der Waals surface area contributed by atoms with Crippen LogP contribution in [0.2, 0.25) is 0 Å². The van der Waals surface area contributed by atoms with E-state index in [0.717, 1.165) is 57.7 Å². The Labute approximate surface area is 201 Å². The van der Waals surface area contributed by atoms with Crippen molar-refractivity contribution in [2.45, 2.75) is 37.0 Å². The molecule has 3 heterocycles. The molecule has 2 aliphatic heterocycles. The molecule has 5 nitrogen and oxygen atoms in total. The van der Waals surface area contributed by atoms with Crippen LogP contribution in [-0.4, -0.2) is 47.2 Å². The molecule has 1 amide bonds. The lowest BCUT2D eigenvalue weighted by atomic mass is 9.74. The summed E-state index contributed by atoms with van der Waals surface area (Å²) in [6, 6.07) is 23.2. The summed E-state index contributed by atoms with van der Waals surface area (Å²) in [5.41, 5.74) is 4.79. The highest BCUT2D eigenvalue weighted by molar-refractivity contribution is 5.92. The van der Waals surface area contributed by atoms with Gasteiger partial charge in [0.15, 0.2) is 11.5 Å². The SMILES string of the molecule is O=C(c1ccc(N2CCC3(C=Cc4ccccc43)CC2)nn1)N1CCC(c2ccccc2)CC1. The summed E-state index contributed by atoms with van der Waals surface area (Å²) >= 11 is 0. The predicted molar refractivity (Wildman–Crippen MR) is 135 cm³/mol. The molecule has 1 aromatic heterocycles. The molecule has 0 unspecified atom stereocenters. The van der Waals surface area contributed by atoms with Crippen molar-refractivity contribution in [3.8, 4) is 0 Å². The first kappa shape index (κ1) is 21.1. The van der Waals surface area contributed by atoms with E-state index < -0.39 is 0 Å².